The molecular formula is C20H18ClN7O. The first-order valence-corrected chi connectivity index (χ1v) is 9.33. The highest BCUT2D eigenvalue weighted by molar-refractivity contribution is 6.30. The number of carbonyl (C=O) groups is 1. The van der Waals surface area contributed by atoms with Crippen molar-refractivity contribution in [2.75, 3.05) is 5.32 Å². The predicted molar refractivity (Wildman–Crippen MR) is 110 cm³/mol. The van der Waals surface area contributed by atoms with Crippen LogP contribution in [0, 0.1) is 13.8 Å². The van der Waals surface area contributed by atoms with Crippen molar-refractivity contribution < 1.29 is 4.79 Å². The summed E-state index contributed by atoms with van der Waals surface area (Å²) in [6, 6.07) is 14.7. The molecule has 1 amide bonds. The van der Waals surface area contributed by atoms with Crippen LogP contribution in [0.5, 0.6) is 0 Å². The van der Waals surface area contributed by atoms with Gasteiger partial charge in [0, 0.05) is 22.0 Å². The van der Waals surface area contributed by atoms with Gasteiger partial charge in [0.2, 0.25) is 5.91 Å². The number of hydrogen-bond donors (Lipinski definition) is 1. The highest BCUT2D eigenvalue weighted by Gasteiger charge is 2.16. The number of tetrazole rings is 1. The number of nitrogens with one attached hydrogen (secondary N) is 1. The molecule has 29 heavy (non-hydrogen) atoms. The van der Waals surface area contributed by atoms with Gasteiger partial charge >= 0.3 is 0 Å². The fraction of sp³-hybridized carbons (Fsp3) is 0.150. The molecule has 0 saturated carbocycles. The van der Waals surface area contributed by atoms with Crippen LogP contribution < -0.4 is 5.32 Å². The Morgan fingerprint density at radius 2 is 1.72 bits per heavy atom. The van der Waals surface area contributed by atoms with Gasteiger partial charge in [-0.1, -0.05) is 11.6 Å². The lowest BCUT2D eigenvalue weighted by molar-refractivity contribution is -0.115. The molecule has 2 heterocycles. The minimum absolute atomic E-state index is 0.109. The summed E-state index contributed by atoms with van der Waals surface area (Å²) in [4.78, 5) is 12.6. The van der Waals surface area contributed by atoms with Crippen LogP contribution in [0.2, 0.25) is 5.02 Å². The fourth-order valence-electron chi connectivity index (χ4n) is 3.11. The van der Waals surface area contributed by atoms with E-state index >= 15 is 0 Å². The first kappa shape index (κ1) is 18.8. The fourth-order valence-corrected chi connectivity index (χ4v) is 3.23. The highest BCUT2D eigenvalue weighted by atomic mass is 35.5. The first-order chi connectivity index (χ1) is 14.0. The number of halogens is 1. The molecule has 0 saturated heterocycles. The SMILES string of the molecule is Cc1nn(-c2ccc(Cl)cc2)c(C)c1CC(=O)Nc1ccc(-n2cnnn2)cc1. The molecule has 2 aromatic heterocycles. The molecule has 0 spiro atoms. The Morgan fingerprint density at radius 3 is 2.38 bits per heavy atom. The second-order valence-electron chi connectivity index (χ2n) is 6.56. The lowest BCUT2D eigenvalue weighted by Gasteiger charge is -2.08. The van der Waals surface area contributed by atoms with Gasteiger partial charge in [-0.3, -0.25) is 4.79 Å². The highest BCUT2D eigenvalue weighted by Crippen LogP contribution is 2.21. The van der Waals surface area contributed by atoms with Crippen LogP contribution in [0.1, 0.15) is 17.0 Å². The molecule has 2 aromatic carbocycles. The second-order valence-corrected chi connectivity index (χ2v) is 7.00. The quantitative estimate of drug-likeness (QED) is 0.548. The summed E-state index contributed by atoms with van der Waals surface area (Å²) in [5, 5.41) is 19.2. The number of aromatic nitrogens is 6. The molecular weight excluding hydrogens is 390 g/mol. The van der Waals surface area contributed by atoms with E-state index < -0.39 is 0 Å². The molecule has 0 atom stereocenters. The third-order valence-corrected chi connectivity index (χ3v) is 4.87. The number of hydrogen-bond acceptors (Lipinski definition) is 5. The van der Waals surface area contributed by atoms with E-state index in [1.54, 1.807) is 4.68 Å². The molecule has 4 rings (SSSR count). The third-order valence-electron chi connectivity index (χ3n) is 4.61. The van der Waals surface area contributed by atoms with E-state index in [4.69, 9.17) is 11.6 Å². The zero-order valence-electron chi connectivity index (χ0n) is 15.9. The summed E-state index contributed by atoms with van der Waals surface area (Å²) in [6.45, 7) is 3.86. The molecule has 0 aliphatic heterocycles. The van der Waals surface area contributed by atoms with Crippen LogP contribution in [0.25, 0.3) is 11.4 Å². The summed E-state index contributed by atoms with van der Waals surface area (Å²) >= 11 is 5.97. The zero-order valence-corrected chi connectivity index (χ0v) is 16.6. The maximum atomic E-state index is 12.6. The number of amides is 1. The molecule has 146 valence electrons. The topological polar surface area (TPSA) is 90.5 Å². The Labute approximate surface area is 172 Å². The third kappa shape index (κ3) is 4.02. The van der Waals surface area contributed by atoms with Gasteiger partial charge in [0.1, 0.15) is 6.33 Å². The van der Waals surface area contributed by atoms with Crippen LogP contribution in [0.3, 0.4) is 0 Å². The Hall–Kier alpha value is -3.52. The Morgan fingerprint density at radius 1 is 1.03 bits per heavy atom. The number of nitrogens with zero attached hydrogens (tertiary/aromatic N) is 6. The Bertz CT molecular complexity index is 1130. The minimum atomic E-state index is -0.109. The average molecular weight is 408 g/mol. The first-order valence-electron chi connectivity index (χ1n) is 8.95. The van der Waals surface area contributed by atoms with E-state index in [0.717, 1.165) is 28.3 Å². The van der Waals surface area contributed by atoms with Gasteiger partial charge in [0.15, 0.2) is 0 Å². The van der Waals surface area contributed by atoms with E-state index in [2.05, 4.69) is 25.9 Å². The molecule has 0 aliphatic carbocycles. The summed E-state index contributed by atoms with van der Waals surface area (Å²) < 4.78 is 3.37. The second kappa shape index (κ2) is 7.84. The minimum Gasteiger partial charge on any atom is -0.326 e. The normalized spacial score (nSPS) is 10.9. The lowest BCUT2D eigenvalue weighted by Crippen LogP contribution is -2.15. The largest absolute Gasteiger partial charge is 0.326 e. The van der Waals surface area contributed by atoms with E-state index in [1.165, 1.54) is 6.33 Å². The van der Waals surface area contributed by atoms with Crippen LogP contribution in [0.15, 0.2) is 54.9 Å². The number of carbonyl (C=O) groups excluding carboxylic acids is 1. The number of benzene rings is 2. The van der Waals surface area contributed by atoms with Gasteiger partial charge in [-0.25, -0.2) is 9.36 Å². The van der Waals surface area contributed by atoms with E-state index in [0.29, 0.717) is 10.7 Å². The Balaban J connectivity index is 1.48. The molecule has 9 heteroatoms. The van der Waals surface area contributed by atoms with Gasteiger partial charge in [-0.2, -0.15) is 5.10 Å². The van der Waals surface area contributed by atoms with Gasteiger partial charge in [-0.05, 0) is 72.8 Å². The van der Waals surface area contributed by atoms with Crippen LogP contribution >= 0.6 is 11.6 Å². The molecule has 0 aliphatic rings. The van der Waals surface area contributed by atoms with Crippen LogP contribution in [-0.2, 0) is 11.2 Å². The maximum absolute atomic E-state index is 12.6. The average Bonchev–Trinajstić information content (AvgIpc) is 3.34. The van der Waals surface area contributed by atoms with E-state index in [9.17, 15) is 4.79 Å². The number of anilines is 1. The monoisotopic (exact) mass is 407 g/mol. The zero-order chi connectivity index (χ0) is 20.4. The van der Waals surface area contributed by atoms with Gasteiger partial charge in [0.05, 0.1) is 23.5 Å². The van der Waals surface area contributed by atoms with Crippen LogP contribution in [0.4, 0.5) is 5.69 Å². The van der Waals surface area contributed by atoms with Crippen molar-refractivity contribution in [3.63, 3.8) is 0 Å². The number of rotatable bonds is 5. The number of aryl methyl sites for hydroxylation is 1. The van der Waals surface area contributed by atoms with Crippen molar-refractivity contribution in [1.29, 1.82) is 0 Å². The summed E-state index contributed by atoms with van der Waals surface area (Å²) in [5.41, 5.74) is 5.06. The smallest absolute Gasteiger partial charge is 0.228 e. The summed E-state index contributed by atoms with van der Waals surface area (Å²) in [5.74, 6) is -0.109. The van der Waals surface area contributed by atoms with Gasteiger partial charge in [-0.15, -0.1) is 5.10 Å². The van der Waals surface area contributed by atoms with Crippen molar-refractivity contribution in [3.8, 4) is 11.4 Å². The molecule has 0 radical (unpaired) electrons. The van der Waals surface area contributed by atoms with Crippen molar-refractivity contribution in [2.45, 2.75) is 20.3 Å². The van der Waals surface area contributed by atoms with E-state index in [-0.39, 0.29) is 12.3 Å². The molecule has 0 bridgehead atoms. The van der Waals surface area contributed by atoms with Crippen molar-refractivity contribution in [3.05, 3.63) is 76.8 Å². The van der Waals surface area contributed by atoms with Gasteiger partial charge in [0.25, 0.3) is 0 Å². The molecule has 8 nitrogen and oxygen atoms in total. The van der Waals surface area contributed by atoms with Crippen molar-refractivity contribution in [1.82, 2.24) is 30.0 Å². The summed E-state index contributed by atoms with van der Waals surface area (Å²) in [6.07, 6.45) is 1.75. The van der Waals surface area contributed by atoms with Crippen molar-refractivity contribution >= 4 is 23.2 Å². The van der Waals surface area contributed by atoms with Crippen LogP contribution in [-0.4, -0.2) is 35.9 Å². The molecule has 4 aromatic rings. The molecule has 0 unspecified atom stereocenters. The lowest BCUT2D eigenvalue weighted by atomic mass is 10.1. The van der Waals surface area contributed by atoms with Crippen molar-refractivity contribution in [2.24, 2.45) is 0 Å². The van der Waals surface area contributed by atoms with E-state index in [1.807, 2.05) is 67.1 Å². The molecule has 1 N–H and O–H groups in total. The van der Waals surface area contributed by atoms with Gasteiger partial charge < -0.3 is 5.32 Å². The predicted octanol–water partition coefficient (Wildman–Crippen LogP) is 3.30. The summed E-state index contributed by atoms with van der Waals surface area (Å²) in [7, 11) is 0. The maximum Gasteiger partial charge on any atom is 0.228 e. The molecule has 0 fully saturated rings. The Kier molecular flexibility index (Phi) is 5.09. The standard InChI is InChI=1S/C20H18ClN7O/c1-13-19(14(2)28(24-13)18-7-3-15(21)4-8-18)11-20(29)23-16-5-9-17(10-6-16)27-12-22-25-26-27/h3-10,12H,11H2,1-2H3,(H,23,29).